The number of carbonyl (C=O) groups excluding carboxylic acids is 1. The number of hydrogen-bond donors (Lipinski definition) is 2. The molecule has 19 heavy (non-hydrogen) atoms. The molecule has 2 unspecified atom stereocenters. The molecule has 4 atom stereocenters. The predicted octanol–water partition coefficient (Wildman–Crippen LogP) is -1.84. The van der Waals surface area contributed by atoms with Crippen molar-refractivity contribution in [2.75, 3.05) is 0 Å². The van der Waals surface area contributed by atoms with Crippen LogP contribution in [0.5, 0.6) is 0 Å². The molecule has 2 aliphatic rings. The van der Waals surface area contributed by atoms with Gasteiger partial charge in [0.05, 0.1) is 12.6 Å². The zero-order chi connectivity index (χ0) is 13.8. The second kappa shape index (κ2) is 3.90. The van der Waals surface area contributed by atoms with Crippen LogP contribution in [0.1, 0.15) is 6.92 Å². The molecule has 1 aromatic heterocycles. The van der Waals surface area contributed by atoms with Gasteiger partial charge in [0.2, 0.25) is 0 Å². The Morgan fingerprint density at radius 2 is 2.37 bits per heavy atom. The summed E-state index contributed by atoms with van der Waals surface area (Å²) in [6, 6.07) is -0.542. The molecule has 1 amide bonds. The van der Waals surface area contributed by atoms with Gasteiger partial charge in [-0.25, -0.2) is 4.68 Å². The summed E-state index contributed by atoms with van der Waals surface area (Å²) in [5, 5.41) is 29.2. The number of carboxylic acids is 1. The normalized spacial score (nSPS) is 37.1. The number of tetrazole rings is 1. The van der Waals surface area contributed by atoms with Crippen molar-refractivity contribution in [1.29, 1.82) is 0 Å². The number of rotatable bonds is 3. The number of aliphatic hydroxyl groups is 1. The van der Waals surface area contributed by atoms with E-state index in [1.165, 1.54) is 15.9 Å². The fourth-order valence-corrected chi connectivity index (χ4v) is 4.20. The Labute approximate surface area is 111 Å². The molecule has 2 aliphatic heterocycles. The van der Waals surface area contributed by atoms with Gasteiger partial charge >= 0.3 is 5.97 Å². The van der Waals surface area contributed by atoms with Crippen LogP contribution < -0.4 is 0 Å². The first-order valence-corrected chi connectivity index (χ1v) is 6.47. The number of hydrogen-bond acceptors (Lipinski definition) is 7. The van der Waals surface area contributed by atoms with E-state index in [1.54, 1.807) is 6.92 Å². The van der Waals surface area contributed by atoms with Crippen LogP contribution in [0, 0.1) is 0 Å². The maximum Gasteiger partial charge on any atom is 0.323 e. The Hall–Kier alpha value is -1.68. The highest BCUT2D eigenvalue weighted by Crippen LogP contribution is 2.51. The van der Waals surface area contributed by atoms with Crippen molar-refractivity contribution in [3.63, 3.8) is 0 Å². The highest BCUT2D eigenvalue weighted by molar-refractivity contribution is 8.02. The Morgan fingerprint density at radius 1 is 1.63 bits per heavy atom. The average molecular weight is 285 g/mol. The average Bonchev–Trinajstić information content (AvgIpc) is 2.96. The topological polar surface area (TPSA) is 121 Å². The third-order valence-corrected chi connectivity index (χ3v) is 5.42. The van der Waals surface area contributed by atoms with Crippen LogP contribution in [0.3, 0.4) is 0 Å². The molecule has 2 fully saturated rings. The molecule has 0 bridgehead atoms. The van der Waals surface area contributed by atoms with E-state index in [9.17, 15) is 19.8 Å². The molecule has 2 saturated heterocycles. The molecule has 0 saturated carbocycles. The minimum Gasteiger partial charge on any atom is -0.480 e. The Morgan fingerprint density at radius 3 is 2.89 bits per heavy atom. The van der Waals surface area contributed by atoms with Crippen LogP contribution in [0.2, 0.25) is 0 Å². The van der Waals surface area contributed by atoms with Crippen molar-refractivity contribution >= 4 is 23.6 Å². The van der Waals surface area contributed by atoms with Gasteiger partial charge < -0.3 is 15.1 Å². The summed E-state index contributed by atoms with van der Waals surface area (Å²) in [6.45, 7) is 1.70. The third kappa shape index (κ3) is 1.49. The number of aliphatic carboxylic acids is 1. The van der Waals surface area contributed by atoms with Gasteiger partial charge in [-0.15, -0.1) is 16.9 Å². The second-order valence-electron chi connectivity index (χ2n) is 4.58. The van der Waals surface area contributed by atoms with Gasteiger partial charge in [-0.05, 0) is 17.4 Å². The number of thioether (sulfide) groups is 1. The summed E-state index contributed by atoms with van der Waals surface area (Å²) in [6.07, 6.45) is 0.203. The van der Waals surface area contributed by atoms with Gasteiger partial charge in [-0.1, -0.05) is 0 Å². The summed E-state index contributed by atoms with van der Waals surface area (Å²) in [5.74, 6) is -1.47. The number of carbonyl (C=O) groups is 2. The van der Waals surface area contributed by atoms with Gasteiger partial charge in [-0.2, -0.15) is 0 Å². The molecule has 0 spiro atoms. The minimum absolute atomic E-state index is 0.0359. The van der Waals surface area contributed by atoms with Crippen LogP contribution in [0.4, 0.5) is 0 Å². The van der Waals surface area contributed by atoms with Crippen molar-refractivity contribution in [1.82, 2.24) is 25.1 Å². The molecule has 3 rings (SSSR count). The summed E-state index contributed by atoms with van der Waals surface area (Å²) in [5.41, 5.74) is 0. The number of aliphatic hydroxyl groups excluding tert-OH is 1. The van der Waals surface area contributed by atoms with Crippen LogP contribution in [0.15, 0.2) is 6.33 Å². The largest absolute Gasteiger partial charge is 0.480 e. The number of aromatic nitrogens is 4. The van der Waals surface area contributed by atoms with Gasteiger partial charge in [-0.3, -0.25) is 9.59 Å². The fourth-order valence-electron chi connectivity index (χ4n) is 2.50. The Kier molecular flexibility index (Phi) is 2.54. The van der Waals surface area contributed by atoms with Crippen molar-refractivity contribution < 1.29 is 19.8 Å². The van der Waals surface area contributed by atoms with E-state index in [0.717, 1.165) is 11.8 Å². The smallest absolute Gasteiger partial charge is 0.323 e. The summed E-state index contributed by atoms with van der Waals surface area (Å²) in [4.78, 5) is 24.7. The maximum absolute atomic E-state index is 11.7. The lowest BCUT2D eigenvalue weighted by Crippen LogP contribution is -2.64. The second-order valence-corrected chi connectivity index (χ2v) is 6.02. The molecular weight excluding hydrogens is 274 g/mol. The molecule has 2 N–H and O–H groups in total. The Balaban J connectivity index is 1.94. The van der Waals surface area contributed by atoms with Crippen molar-refractivity contribution in [3.8, 4) is 0 Å². The van der Waals surface area contributed by atoms with Gasteiger partial charge in [0.1, 0.15) is 11.7 Å². The minimum atomic E-state index is -1.26. The molecule has 10 heteroatoms. The van der Waals surface area contributed by atoms with E-state index >= 15 is 0 Å². The zero-order valence-electron chi connectivity index (χ0n) is 9.87. The molecule has 102 valence electrons. The number of carboxylic acid groups (broad SMARTS) is 1. The third-order valence-electron chi connectivity index (χ3n) is 3.63. The number of fused-ring (bicyclic) bond motifs is 1. The van der Waals surface area contributed by atoms with E-state index in [4.69, 9.17) is 0 Å². The quantitative estimate of drug-likeness (QED) is 0.621. The van der Waals surface area contributed by atoms with Crippen LogP contribution >= 0.6 is 11.8 Å². The lowest BCUT2D eigenvalue weighted by Gasteiger charge is -2.41. The SMILES string of the molecule is CC1N2C(=O)[C@H](O)[C@H]2SC1(Cn1cnnn1)C(=O)O. The van der Waals surface area contributed by atoms with Crippen molar-refractivity contribution in [2.24, 2.45) is 0 Å². The standard InChI is InChI=1S/C9H11N5O4S/c1-4-9(8(17)18,2-13-3-10-11-12-13)19-7-5(15)6(16)14(4)7/h3-5,7,15H,2H2,1H3,(H,17,18)/t4?,5-,7+,9?/m0/s1. The Bertz CT molecular complexity index is 537. The summed E-state index contributed by atoms with van der Waals surface area (Å²) >= 11 is 1.07. The number of amides is 1. The fraction of sp³-hybridized carbons (Fsp3) is 0.667. The molecular formula is C9H11N5O4S. The highest BCUT2D eigenvalue weighted by Gasteiger charge is 2.66. The molecule has 3 heterocycles. The molecule has 1 aromatic rings. The van der Waals surface area contributed by atoms with Crippen LogP contribution in [-0.4, -0.2) is 69.5 Å². The van der Waals surface area contributed by atoms with E-state index in [-0.39, 0.29) is 6.54 Å². The van der Waals surface area contributed by atoms with Crippen molar-refractivity contribution in [3.05, 3.63) is 6.33 Å². The first-order chi connectivity index (χ1) is 8.97. The van der Waals surface area contributed by atoms with Crippen molar-refractivity contribution in [2.45, 2.75) is 35.7 Å². The molecule has 0 radical (unpaired) electrons. The zero-order valence-corrected chi connectivity index (χ0v) is 10.7. The van der Waals surface area contributed by atoms with Gasteiger partial charge in [0, 0.05) is 0 Å². The van der Waals surface area contributed by atoms with Crippen LogP contribution in [0.25, 0.3) is 0 Å². The first-order valence-electron chi connectivity index (χ1n) is 5.59. The summed E-state index contributed by atoms with van der Waals surface area (Å²) < 4.78 is 0.0630. The molecule has 9 nitrogen and oxygen atoms in total. The number of nitrogens with zero attached hydrogens (tertiary/aromatic N) is 5. The van der Waals surface area contributed by atoms with E-state index in [1.807, 2.05) is 0 Å². The predicted molar refractivity (Wildman–Crippen MR) is 61.9 cm³/mol. The van der Waals surface area contributed by atoms with E-state index < -0.39 is 34.1 Å². The monoisotopic (exact) mass is 285 g/mol. The summed E-state index contributed by atoms with van der Waals surface area (Å²) in [7, 11) is 0. The first kappa shape index (κ1) is 12.4. The maximum atomic E-state index is 11.7. The van der Waals surface area contributed by atoms with E-state index in [0.29, 0.717) is 0 Å². The molecule has 0 aromatic carbocycles. The van der Waals surface area contributed by atoms with Gasteiger partial charge in [0.25, 0.3) is 5.91 Å². The number of β-lactam (4-membered cyclic amide) rings is 1. The lowest BCUT2D eigenvalue weighted by molar-refractivity contribution is -0.162. The molecule has 0 aliphatic carbocycles. The van der Waals surface area contributed by atoms with Gasteiger partial charge in [0.15, 0.2) is 10.9 Å². The lowest BCUT2D eigenvalue weighted by atomic mass is 9.95. The van der Waals surface area contributed by atoms with E-state index in [2.05, 4.69) is 15.5 Å². The highest BCUT2D eigenvalue weighted by atomic mass is 32.2. The van der Waals surface area contributed by atoms with Crippen LogP contribution in [-0.2, 0) is 16.1 Å².